The van der Waals surface area contributed by atoms with E-state index in [-0.39, 0.29) is 6.54 Å². The standard InChI is InChI=1S/C20H34BN5O4/c1-18(2,3)28-17(27)25-12-15(26(8)23)16(22)14-10-9-13(11-24-14)21-29-19(4,5)20(6,7)30-21/h9-11H,12,22-23H2,1-8H3,(H,25,27)/b16-15-. The summed E-state index contributed by atoms with van der Waals surface area (Å²) >= 11 is 0. The molecule has 0 aromatic carbocycles. The molecule has 0 radical (unpaired) electrons. The Morgan fingerprint density at radius 2 is 1.80 bits per heavy atom. The molecule has 0 aliphatic carbocycles. The Bertz CT molecular complexity index is 784. The second kappa shape index (κ2) is 8.45. The van der Waals surface area contributed by atoms with E-state index in [0.717, 1.165) is 5.46 Å². The fourth-order valence-electron chi connectivity index (χ4n) is 2.71. The third kappa shape index (κ3) is 5.65. The first-order valence-corrected chi connectivity index (χ1v) is 9.89. The van der Waals surface area contributed by atoms with Gasteiger partial charge in [0, 0.05) is 18.7 Å². The van der Waals surface area contributed by atoms with Gasteiger partial charge < -0.3 is 30.1 Å². The van der Waals surface area contributed by atoms with E-state index in [1.165, 1.54) is 5.01 Å². The van der Waals surface area contributed by atoms with Gasteiger partial charge in [-0.15, -0.1) is 0 Å². The van der Waals surface area contributed by atoms with Crippen LogP contribution in [0.25, 0.3) is 5.70 Å². The molecular formula is C20H34BN5O4. The fraction of sp³-hybridized carbons (Fsp3) is 0.600. The van der Waals surface area contributed by atoms with Crippen LogP contribution < -0.4 is 22.4 Å². The molecule has 1 amide bonds. The molecule has 1 aliphatic heterocycles. The number of carbonyl (C=O) groups excluding carboxylic acids is 1. The molecule has 9 nitrogen and oxygen atoms in total. The summed E-state index contributed by atoms with van der Waals surface area (Å²) in [7, 11) is 1.13. The van der Waals surface area contributed by atoms with Gasteiger partial charge in [0.1, 0.15) is 5.60 Å². The Morgan fingerprint density at radius 1 is 1.23 bits per heavy atom. The summed E-state index contributed by atoms with van der Waals surface area (Å²) < 4.78 is 17.3. The Morgan fingerprint density at radius 3 is 2.23 bits per heavy atom. The lowest BCUT2D eigenvalue weighted by Crippen LogP contribution is -2.41. The van der Waals surface area contributed by atoms with Gasteiger partial charge in [0.15, 0.2) is 0 Å². The zero-order valence-corrected chi connectivity index (χ0v) is 19.2. The van der Waals surface area contributed by atoms with Gasteiger partial charge in [-0.25, -0.2) is 10.6 Å². The number of nitrogens with zero attached hydrogens (tertiary/aromatic N) is 2. The summed E-state index contributed by atoms with van der Waals surface area (Å²) in [5.41, 5.74) is 6.98. The van der Waals surface area contributed by atoms with Crippen LogP contribution in [0.4, 0.5) is 4.79 Å². The molecule has 5 N–H and O–H groups in total. The molecule has 1 saturated heterocycles. The van der Waals surface area contributed by atoms with Gasteiger partial charge in [0.2, 0.25) is 0 Å². The van der Waals surface area contributed by atoms with Gasteiger partial charge in [-0.05, 0) is 54.5 Å². The number of aromatic nitrogens is 1. The monoisotopic (exact) mass is 419 g/mol. The number of amides is 1. The third-order valence-electron chi connectivity index (χ3n) is 5.12. The van der Waals surface area contributed by atoms with E-state index in [0.29, 0.717) is 17.1 Å². The number of nitrogens with two attached hydrogens (primary N) is 2. The number of carbonyl (C=O) groups is 1. The molecule has 10 heteroatoms. The van der Waals surface area contributed by atoms with Crippen molar-refractivity contribution in [3.63, 3.8) is 0 Å². The highest BCUT2D eigenvalue weighted by Gasteiger charge is 2.51. The summed E-state index contributed by atoms with van der Waals surface area (Å²) in [5, 5.41) is 4.00. The summed E-state index contributed by atoms with van der Waals surface area (Å²) in [5.74, 6) is 5.91. The quantitative estimate of drug-likeness (QED) is 0.371. The first-order chi connectivity index (χ1) is 13.6. The molecule has 1 fully saturated rings. The van der Waals surface area contributed by atoms with E-state index >= 15 is 0 Å². The SMILES string of the molecule is CN(N)/C(CNC(=O)OC(C)(C)C)=C(\N)c1ccc(B2OC(C)(C)C(C)(C)O2)cn1. The first-order valence-electron chi connectivity index (χ1n) is 9.89. The van der Waals surface area contributed by atoms with Crippen LogP contribution in [0.2, 0.25) is 0 Å². The van der Waals surface area contributed by atoms with Crippen molar-refractivity contribution in [1.29, 1.82) is 0 Å². The van der Waals surface area contributed by atoms with Crippen molar-refractivity contribution in [3.05, 3.63) is 29.7 Å². The van der Waals surface area contributed by atoms with Gasteiger partial charge in [0.25, 0.3) is 0 Å². The first kappa shape index (κ1) is 24.0. The van der Waals surface area contributed by atoms with E-state index in [4.69, 9.17) is 25.6 Å². The van der Waals surface area contributed by atoms with Crippen molar-refractivity contribution >= 4 is 24.4 Å². The number of likely N-dealkylation sites (N-methyl/N-ethyl adjacent to an activating group) is 1. The van der Waals surface area contributed by atoms with E-state index < -0.39 is 30.0 Å². The minimum absolute atomic E-state index is 0.0917. The molecular weight excluding hydrogens is 385 g/mol. The zero-order chi connectivity index (χ0) is 22.9. The van der Waals surface area contributed by atoms with E-state index in [9.17, 15) is 4.79 Å². The predicted molar refractivity (Wildman–Crippen MR) is 117 cm³/mol. The van der Waals surface area contributed by atoms with Crippen molar-refractivity contribution in [2.75, 3.05) is 13.6 Å². The van der Waals surface area contributed by atoms with Crippen LogP contribution in [0.1, 0.15) is 54.2 Å². The molecule has 0 saturated carbocycles. The number of nitrogens with one attached hydrogen (secondary N) is 1. The third-order valence-corrected chi connectivity index (χ3v) is 5.12. The van der Waals surface area contributed by atoms with Crippen molar-refractivity contribution in [2.45, 2.75) is 65.3 Å². The lowest BCUT2D eigenvalue weighted by atomic mass is 9.80. The zero-order valence-electron chi connectivity index (χ0n) is 19.2. The smallest absolute Gasteiger partial charge is 0.444 e. The second-order valence-electron chi connectivity index (χ2n) is 9.39. The van der Waals surface area contributed by atoms with E-state index in [1.807, 2.05) is 33.8 Å². The van der Waals surface area contributed by atoms with E-state index in [1.54, 1.807) is 40.1 Å². The molecule has 2 rings (SSSR count). The second-order valence-corrected chi connectivity index (χ2v) is 9.39. The number of hydrogen-bond donors (Lipinski definition) is 3. The number of hydrazine groups is 1. The molecule has 30 heavy (non-hydrogen) atoms. The largest absolute Gasteiger partial charge is 0.496 e. The minimum atomic E-state index is -0.598. The molecule has 1 aromatic heterocycles. The summed E-state index contributed by atoms with van der Waals surface area (Å²) in [6, 6.07) is 3.62. The Labute approximate surface area is 179 Å². The van der Waals surface area contributed by atoms with E-state index in [2.05, 4.69) is 10.3 Å². The molecule has 1 aliphatic rings. The van der Waals surface area contributed by atoms with Crippen LogP contribution >= 0.6 is 0 Å². The highest BCUT2D eigenvalue weighted by molar-refractivity contribution is 6.62. The van der Waals surface area contributed by atoms with Gasteiger partial charge >= 0.3 is 13.2 Å². The molecule has 0 spiro atoms. The number of pyridine rings is 1. The Kier molecular flexibility index (Phi) is 6.75. The van der Waals surface area contributed by atoms with Gasteiger partial charge in [0.05, 0.1) is 34.8 Å². The van der Waals surface area contributed by atoms with Crippen LogP contribution in [0.5, 0.6) is 0 Å². The van der Waals surface area contributed by atoms with Crippen molar-refractivity contribution in [2.24, 2.45) is 11.6 Å². The minimum Gasteiger partial charge on any atom is -0.444 e. The highest BCUT2D eigenvalue weighted by Crippen LogP contribution is 2.36. The van der Waals surface area contributed by atoms with Crippen LogP contribution in [0.15, 0.2) is 24.0 Å². The lowest BCUT2D eigenvalue weighted by molar-refractivity contribution is 0.00578. The highest BCUT2D eigenvalue weighted by atomic mass is 16.7. The Hall–Kier alpha value is -2.30. The fourth-order valence-corrected chi connectivity index (χ4v) is 2.71. The van der Waals surface area contributed by atoms with Gasteiger partial charge in [-0.3, -0.25) is 4.98 Å². The number of hydrogen-bond acceptors (Lipinski definition) is 8. The Balaban J connectivity index is 2.16. The molecule has 1 aromatic rings. The lowest BCUT2D eigenvalue weighted by Gasteiger charge is -2.32. The normalized spacial score (nSPS) is 18.6. The maximum absolute atomic E-state index is 11.9. The average Bonchev–Trinajstić information content (AvgIpc) is 2.81. The van der Waals surface area contributed by atoms with Gasteiger partial charge in [-0.2, -0.15) is 0 Å². The topological polar surface area (TPSA) is 125 Å². The summed E-state index contributed by atoms with van der Waals surface area (Å²) in [4.78, 5) is 16.4. The van der Waals surface area contributed by atoms with Crippen molar-refractivity contribution < 1.29 is 18.8 Å². The number of rotatable bonds is 5. The number of ether oxygens (including phenoxy) is 1. The summed E-state index contributed by atoms with van der Waals surface area (Å²) in [6.07, 6.45) is 1.11. The molecule has 166 valence electrons. The van der Waals surface area contributed by atoms with Gasteiger partial charge in [-0.1, -0.05) is 6.07 Å². The van der Waals surface area contributed by atoms with Crippen LogP contribution in [-0.4, -0.2) is 53.6 Å². The van der Waals surface area contributed by atoms with Crippen LogP contribution in [0.3, 0.4) is 0 Å². The van der Waals surface area contributed by atoms with Crippen LogP contribution in [-0.2, 0) is 14.0 Å². The maximum Gasteiger partial charge on any atom is 0.496 e. The molecule has 0 bridgehead atoms. The summed E-state index contributed by atoms with van der Waals surface area (Å²) in [6.45, 7) is 13.4. The van der Waals surface area contributed by atoms with Crippen LogP contribution in [0, 0.1) is 0 Å². The van der Waals surface area contributed by atoms with Crippen molar-refractivity contribution in [3.8, 4) is 0 Å². The predicted octanol–water partition coefficient (Wildman–Crippen LogP) is 1.34. The average molecular weight is 419 g/mol. The molecule has 2 heterocycles. The number of alkyl carbamates (subject to hydrolysis) is 1. The van der Waals surface area contributed by atoms with Crippen molar-refractivity contribution in [1.82, 2.24) is 15.3 Å². The maximum atomic E-state index is 11.9. The molecule has 0 atom stereocenters. The molecule has 0 unspecified atom stereocenters.